The minimum absolute atomic E-state index is 0.378. The lowest BCUT2D eigenvalue weighted by Gasteiger charge is -2.33. The number of hydrogen-bond donors (Lipinski definition) is 2. The van der Waals surface area contributed by atoms with Crippen LogP contribution in [0, 0.1) is 17.6 Å². The number of nitrogens with zero attached hydrogens (tertiary/aromatic N) is 4. The second-order valence-corrected chi connectivity index (χ2v) is 8.85. The van der Waals surface area contributed by atoms with Crippen molar-refractivity contribution >= 4 is 28.6 Å². The van der Waals surface area contributed by atoms with Crippen LogP contribution in [-0.4, -0.2) is 51.3 Å². The van der Waals surface area contributed by atoms with Crippen LogP contribution < -0.4 is 10.2 Å². The number of carbonyl (C=O) groups is 1. The minimum atomic E-state index is -5.08. The van der Waals surface area contributed by atoms with Crippen molar-refractivity contribution in [1.29, 1.82) is 0 Å². The average molecular weight is 509 g/mol. The van der Waals surface area contributed by atoms with Crippen LogP contribution in [0.3, 0.4) is 0 Å². The molecule has 0 bridgehead atoms. The van der Waals surface area contributed by atoms with Crippen LogP contribution in [0.25, 0.3) is 11.0 Å². The molecule has 2 aliphatic rings. The molecule has 2 fully saturated rings. The third-order valence-electron chi connectivity index (χ3n) is 6.05. The van der Waals surface area contributed by atoms with Crippen LogP contribution >= 0.6 is 0 Å². The zero-order valence-corrected chi connectivity index (χ0v) is 19.1. The van der Waals surface area contributed by atoms with Gasteiger partial charge in [-0.3, -0.25) is 4.98 Å². The molecule has 2 N–H and O–H groups in total. The summed E-state index contributed by atoms with van der Waals surface area (Å²) in [6, 6.07) is 6.24. The van der Waals surface area contributed by atoms with Gasteiger partial charge in [0.25, 0.3) is 0 Å². The van der Waals surface area contributed by atoms with Crippen LogP contribution in [0.4, 0.5) is 33.6 Å². The highest BCUT2D eigenvalue weighted by Crippen LogP contribution is 2.33. The Balaban J connectivity index is 0.000000384. The van der Waals surface area contributed by atoms with Crippen LogP contribution in [0.15, 0.2) is 36.7 Å². The molecule has 1 aromatic carbocycles. The molecule has 192 valence electrons. The quantitative estimate of drug-likeness (QED) is 0.470. The maximum atomic E-state index is 14.0. The number of carboxylic acids is 1. The molecule has 3 aromatic rings. The number of aromatic nitrogens is 3. The van der Waals surface area contributed by atoms with Gasteiger partial charge < -0.3 is 15.3 Å². The lowest BCUT2D eigenvalue weighted by molar-refractivity contribution is -0.192. The second-order valence-electron chi connectivity index (χ2n) is 8.85. The summed E-state index contributed by atoms with van der Waals surface area (Å²) >= 11 is 0. The first-order valence-corrected chi connectivity index (χ1v) is 11.5. The number of aliphatic carboxylic acids is 1. The van der Waals surface area contributed by atoms with E-state index in [0.717, 1.165) is 67.5 Å². The number of anilines is 2. The molecule has 12 heteroatoms. The number of halogens is 5. The molecule has 0 radical (unpaired) electrons. The molecule has 36 heavy (non-hydrogen) atoms. The Morgan fingerprint density at radius 2 is 1.75 bits per heavy atom. The van der Waals surface area contributed by atoms with Gasteiger partial charge >= 0.3 is 12.1 Å². The SMILES string of the molecule is Fc1ccc(CC2CCN(c3nc4ccncc4nc3NC3CC3)CC2)c(F)c1.O=C(O)C(F)(F)F. The van der Waals surface area contributed by atoms with Gasteiger partial charge in [-0.25, -0.2) is 23.5 Å². The van der Waals surface area contributed by atoms with Crippen molar-refractivity contribution < 1.29 is 31.9 Å². The summed E-state index contributed by atoms with van der Waals surface area (Å²) in [4.78, 5) is 25.0. The normalized spacial score (nSPS) is 16.4. The van der Waals surface area contributed by atoms with Gasteiger partial charge in [-0.05, 0) is 55.7 Å². The summed E-state index contributed by atoms with van der Waals surface area (Å²) in [5.74, 6) is -1.63. The van der Waals surface area contributed by atoms with Crippen LogP contribution in [0.1, 0.15) is 31.2 Å². The number of nitrogens with one attached hydrogen (secondary N) is 1. The molecule has 0 unspecified atom stereocenters. The van der Waals surface area contributed by atoms with Crippen molar-refractivity contribution in [2.75, 3.05) is 23.3 Å². The van der Waals surface area contributed by atoms with Gasteiger partial charge in [-0.2, -0.15) is 13.2 Å². The highest BCUT2D eigenvalue weighted by atomic mass is 19.4. The molecule has 3 heterocycles. The third kappa shape index (κ3) is 6.55. The fourth-order valence-corrected chi connectivity index (χ4v) is 3.98. The monoisotopic (exact) mass is 509 g/mol. The number of hydrogen-bond acceptors (Lipinski definition) is 6. The largest absolute Gasteiger partial charge is 0.490 e. The maximum Gasteiger partial charge on any atom is 0.490 e. The summed E-state index contributed by atoms with van der Waals surface area (Å²) in [5.41, 5.74) is 2.23. The fraction of sp³-hybridized carbons (Fsp3) is 0.417. The summed E-state index contributed by atoms with van der Waals surface area (Å²) in [5, 5.41) is 10.6. The minimum Gasteiger partial charge on any atom is -0.475 e. The van der Waals surface area contributed by atoms with Crippen molar-refractivity contribution in [2.45, 2.75) is 44.3 Å². The van der Waals surface area contributed by atoms with Crippen molar-refractivity contribution in [3.63, 3.8) is 0 Å². The highest BCUT2D eigenvalue weighted by Gasteiger charge is 2.38. The molecule has 2 aromatic heterocycles. The Bertz CT molecular complexity index is 1230. The number of fused-ring (bicyclic) bond motifs is 1. The summed E-state index contributed by atoms with van der Waals surface area (Å²) in [7, 11) is 0. The Kier molecular flexibility index (Phi) is 7.51. The van der Waals surface area contributed by atoms with E-state index in [0.29, 0.717) is 23.9 Å². The van der Waals surface area contributed by atoms with E-state index in [1.54, 1.807) is 18.5 Å². The van der Waals surface area contributed by atoms with E-state index in [1.807, 2.05) is 6.07 Å². The third-order valence-corrected chi connectivity index (χ3v) is 6.05. The Morgan fingerprint density at radius 3 is 2.36 bits per heavy atom. The molecule has 1 saturated heterocycles. The van der Waals surface area contributed by atoms with E-state index < -0.39 is 23.8 Å². The molecule has 1 saturated carbocycles. The van der Waals surface area contributed by atoms with E-state index in [1.165, 1.54) is 6.07 Å². The number of carboxylic acid groups (broad SMARTS) is 1. The standard InChI is InChI=1S/C22H23F2N5.C2HF3O2/c23-16-2-1-15(18(24)12-16)11-14-6-9-29(10-7-14)22-21(26-17-3-4-17)27-20-13-25-8-5-19(20)28-22;3-2(4,5)1(6)7/h1-2,5,8,12-14,17H,3-4,6-7,9-11H2,(H,26,27);(H,6,7). The molecule has 0 atom stereocenters. The zero-order valence-electron chi connectivity index (χ0n) is 19.1. The smallest absolute Gasteiger partial charge is 0.475 e. The first kappa shape index (κ1) is 25.5. The van der Waals surface area contributed by atoms with Gasteiger partial charge in [0.05, 0.1) is 11.7 Å². The van der Waals surface area contributed by atoms with E-state index in [4.69, 9.17) is 19.9 Å². The Hall–Kier alpha value is -3.57. The Labute approximate surface area is 203 Å². The maximum absolute atomic E-state index is 14.0. The number of alkyl halides is 3. The molecule has 1 aliphatic heterocycles. The molecule has 5 rings (SSSR count). The zero-order chi connectivity index (χ0) is 25.9. The molecular formula is C24H24F5N5O2. The van der Waals surface area contributed by atoms with E-state index >= 15 is 0 Å². The second kappa shape index (κ2) is 10.6. The van der Waals surface area contributed by atoms with Crippen LogP contribution in [0.2, 0.25) is 0 Å². The highest BCUT2D eigenvalue weighted by molar-refractivity contribution is 5.80. The van der Waals surface area contributed by atoms with Gasteiger partial charge in [0.1, 0.15) is 17.2 Å². The van der Waals surface area contributed by atoms with Crippen LogP contribution in [-0.2, 0) is 11.2 Å². The summed E-state index contributed by atoms with van der Waals surface area (Å²) < 4.78 is 58.9. The molecular weight excluding hydrogens is 485 g/mol. The first-order valence-electron chi connectivity index (χ1n) is 11.5. The number of rotatable bonds is 5. The molecule has 0 amide bonds. The van der Waals surface area contributed by atoms with Crippen LogP contribution in [0.5, 0.6) is 0 Å². The van der Waals surface area contributed by atoms with Crippen molar-refractivity contribution in [3.8, 4) is 0 Å². The lowest BCUT2D eigenvalue weighted by Crippen LogP contribution is -2.35. The predicted molar refractivity (Wildman–Crippen MR) is 123 cm³/mol. The fourth-order valence-electron chi connectivity index (χ4n) is 3.98. The van der Waals surface area contributed by atoms with Gasteiger partial charge in [-0.1, -0.05) is 6.07 Å². The lowest BCUT2D eigenvalue weighted by atomic mass is 9.90. The number of piperidine rings is 1. The van der Waals surface area contributed by atoms with Crippen molar-refractivity contribution in [2.24, 2.45) is 5.92 Å². The average Bonchev–Trinajstić information content (AvgIpc) is 3.65. The van der Waals surface area contributed by atoms with Gasteiger partial charge in [0.15, 0.2) is 11.6 Å². The first-order chi connectivity index (χ1) is 17.1. The van der Waals surface area contributed by atoms with E-state index in [-0.39, 0.29) is 0 Å². The molecule has 1 aliphatic carbocycles. The van der Waals surface area contributed by atoms with Gasteiger partial charge in [0.2, 0.25) is 0 Å². The Morgan fingerprint density at radius 1 is 1.06 bits per heavy atom. The summed E-state index contributed by atoms with van der Waals surface area (Å²) in [6.07, 6.45) is 3.24. The van der Waals surface area contributed by atoms with Crippen molar-refractivity contribution in [3.05, 3.63) is 53.9 Å². The number of pyridine rings is 1. The number of benzene rings is 1. The van der Waals surface area contributed by atoms with E-state index in [9.17, 15) is 22.0 Å². The van der Waals surface area contributed by atoms with Gasteiger partial charge in [0, 0.05) is 31.4 Å². The summed E-state index contributed by atoms with van der Waals surface area (Å²) in [6.45, 7) is 1.69. The van der Waals surface area contributed by atoms with Crippen molar-refractivity contribution in [1.82, 2.24) is 15.0 Å². The predicted octanol–water partition coefficient (Wildman–Crippen LogP) is 4.97. The topological polar surface area (TPSA) is 91.2 Å². The molecule has 0 spiro atoms. The van der Waals surface area contributed by atoms with E-state index in [2.05, 4.69) is 15.2 Å². The van der Waals surface area contributed by atoms with Gasteiger partial charge in [-0.15, -0.1) is 0 Å². The molecule has 7 nitrogen and oxygen atoms in total.